The molecule has 5 N–H and O–H groups in total. The molecule has 0 aromatic carbocycles. The van der Waals surface area contributed by atoms with Crippen LogP contribution >= 0.6 is 11.3 Å². The minimum absolute atomic E-state index is 0.0845. The van der Waals surface area contributed by atoms with Crippen molar-refractivity contribution in [3.63, 3.8) is 0 Å². The van der Waals surface area contributed by atoms with E-state index in [0.717, 1.165) is 11.3 Å². The molecular formula is C6H11N3O3S2. The number of hydrogen-bond donors (Lipinski definition) is 4. The lowest BCUT2D eigenvalue weighted by Crippen LogP contribution is -2.25. The molecule has 0 aliphatic rings. The van der Waals surface area contributed by atoms with Gasteiger partial charge in [0.1, 0.15) is 24.7 Å². The lowest BCUT2D eigenvalue weighted by atomic mass is 10.1. The zero-order chi connectivity index (χ0) is 11.0. The first-order chi connectivity index (χ1) is 6.27. The number of aromatic nitrogens is 1. The van der Waals surface area contributed by atoms with Crippen LogP contribution < -0.4 is 5.14 Å². The molecular weight excluding hydrogens is 226 g/mol. The Morgan fingerprint density at radius 3 is 2.79 bits per heavy atom. The van der Waals surface area contributed by atoms with Gasteiger partial charge in [0.2, 0.25) is 0 Å². The summed E-state index contributed by atoms with van der Waals surface area (Å²) >= 11 is 0.862. The number of thiazole rings is 1. The number of aliphatic hydroxyl groups is 2. The predicted octanol–water partition coefficient (Wildman–Crippen LogP) is -0.378. The Labute approximate surface area is 85.5 Å². The zero-order valence-electron chi connectivity index (χ0n) is 7.43. The average molecular weight is 237 g/mol. The SMILES string of the molecule is C[C@@](O)(CO)c1ncc(S(=N)(N)=O)s1. The number of nitrogens with zero attached hydrogens (tertiary/aromatic N) is 1. The first-order valence-corrected chi connectivity index (χ1v) is 6.07. The molecule has 1 heterocycles. The molecule has 1 unspecified atom stereocenters. The summed E-state index contributed by atoms with van der Waals surface area (Å²) in [4.78, 5) is 3.75. The molecule has 0 radical (unpaired) electrons. The van der Waals surface area contributed by atoms with Gasteiger partial charge in [-0.15, -0.1) is 11.3 Å². The fourth-order valence-electron chi connectivity index (χ4n) is 0.716. The van der Waals surface area contributed by atoms with E-state index in [0.29, 0.717) is 0 Å². The third-order valence-electron chi connectivity index (χ3n) is 1.55. The summed E-state index contributed by atoms with van der Waals surface area (Å²) < 4.78 is 18.3. The van der Waals surface area contributed by atoms with E-state index >= 15 is 0 Å². The van der Waals surface area contributed by atoms with Crippen molar-refractivity contribution in [3.05, 3.63) is 11.2 Å². The van der Waals surface area contributed by atoms with Crippen LogP contribution in [0.2, 0.25) is 0 Å². The molecule has 0 saturated carbocycles. The third kappa shape index (κ3) is 2.28. The Morgan fingerprint density at radius 2 is 2.43 bits per heavy atom. The van der Waals surface area contributed by atoms with Gasteiger partial charge >= 0.3 is 0 Å². The van der Waals surface area contributed by atoms with Crippen LogP contribution in [0.5, 0.6) is 0 Å². The van der Waals surface area contributed by atoms with E-state index in [1.54, 1.807) is 0 Å². The number of hydrogen-bond acceptors (Lipinski definition) is 6. The van der Waals surface area contributed by atoms with Crippen molar-refractivity contribution in [2.24, 2.45) is 5.14 Å². The van der Waals surface area contributed by atoms with Crippen molar-refractivity contribution in [1.29, 1.82) is 4.78 Å². The molecule has 0 aliphatic heterocycles. The van der Waals surface area contributed by atoms with E-state index < -0.39 is 22.1 Å². The second kappa shape index (κ2) is 3.55. The van der Waals surface area contributed by atoms with E-state index in [-0.39, 0.29) is 9.22 Å². The summed E-state index contributed by atoms with van der Waals surface area (Å²) in [5, 5.41) is 23.7. The van der Waals surface area contributed by atoms with Gasteiger partial charge in [0.15, 0.2) is 0 Å². The van der Waals surface area contributed by atoms with E-state index in [9.17, 15) is 9.32 Å². The standard InChI is InChI=1S/C6H11N3O3S2/c1-6(11,3-10)5-9-2-4(13-5)14(7,8)12/h2,10-11H,3H2,1H3,(H3,7,8,12)/t6-/m1/s1. The highest BCUT2D eigenvalue weighted by molar-refractivity contribution is 7.92. The summed E-state index contributed by atoms with van der Waals surface area (Å²) in [5.41, 5.74) is -1.48. The third-order valence-corrected chi connectivity index (χ3v) is 4.29. The van der Waals surface area contributed by atoms with Gasteiger partial charge < -0.3 is 10.2 Å². The Hall–Kier alpha value is -0.540. The maximum absolute atomic E-state index is 11.1. The molecule has 6 nitrogen and oxygen atoms in total. The van der Waals surface area contributed by atoms with E-state index in [4.69, 9.17) is 15.0 Å². The Balaban J connectivity index is 3.13. The van der Waals surface area contributed by atoms with Gasteiger partial charge in [0, 0.05) is 0 Å². The number of nitrogens with one attached hydrogen (secondary N) is 1. The highest BCUT2D eigenvalue weighted by atomic mass is 32.2. The smallest absolute Gasteiger partial charge is 0.143 e. The van der Waals surface area contributed by atoms with Crippen LogP contribution in [0.1, 0.15) is 11.9 Å². The summed E-state index contributed by atoms with van der Waals surface area (Å²) in [6.45, 7) is 0.877. The number of aliphatic hydroxyl groups excluding tert-OH is 1. The first kappa shape index (κ1) is 11.5. The van der Waals surface area contributed by atoms with Crippen LogP contribution in [0.25, 0.3) is 0 Å². The van der Waals surface area contributed by atoms with Gasteiger partial charge in [-0.05, 0) is 6.92 Å². The van der Waals surface area contributed by atoms with Crippen molar-refractivity contribution in [2.45, 2.75) is 16.7 Å². The van der Waals surface area contributed by atoms with Gasteiger partial charge in [0.05, 0.1) is 12.8 Å². The van der Waals surface area contributed by atoms with Crippen molar-refractivity contribution >= 4 is 21.3 Å². The van der Waals surface area contributed by atoms with Gasteiger partial charge in [-0.2, -0.15) is 0 Å². The summed E-state index contributed by atoms with van der Waals surface area (Å²) in [6, 6.07) is 0. The van der Waals surface area contributed by atoms with Crippen LogP contribution in [-0.4, -0.2) is 26.0 Å². The van der Waals surface area contributed by atoms with E-state index in [1.165, 1.54) is 13.1 Å². The predicted molar refractivity (Wildman–Crippen MR) is 52.1 cm³/mol. The van der Waals surface area contributed by atoms with Crippen molar-refractivity contribution in [2.75, 3.05) is 6.61 Å². The van der Waals surface area contributed by atoms with E-state index in [1.807, 2.05) is 0 Å². The fourth-order valence-corrected chi connectivity index (χ4v) is 2.34. The summed E-state index contributed by atoms with van der Waals surface area (Å²) in [5.74, 6) is 0. The van der Waals surface area contributed by atoms with Crippen LogP contribution in [0.15, 0.2) is 10.4 Å². The van der Waals surface area contributed by atoms with Crippen molar-refractivity contribution in [3.8, 4) is 0 Å². The lowest BCUT2D eigenvalue weighted by molar-refractivity contribution is -0.00244. The quantitative estimate of drug-likeness (QED) is 0.572. The second-order valence-electron chi connectivity index (χ2n) is 3.02. The lowest BCUT2D eigenvalue weighted by Gasteiger charge is -2.16. The molecule has 0 amide bonds. The highest BCUT2D eigenvalue weighted by Crippen LogP contribution is 2.26. The normalized spacial score (nSPS) is 20.0. The van der Waals surface area contributed by atoms with Gasteiger partial charge in [-0.3, -0.25) is 0 Å². The maximum atomic E-state index is 11.1. The minimum atomic E-state index is -3.29. The van der Waals surface area contributed by atoms with Crippen LogP contribution in [-0.2, 0) is 15.5 Å². The monoisotopic (exact) mass is 237 g/mol. The second-order valence-corrected chi connectivity index (χ2v) is 5.95. The Bertz CT molecular complexity index is 423. The van der Waals surface area contributed by atoms with Crippen LogP contribution in [0.4, 0.5) is 0 Å². The minimum Gasteiger partial charge on any atom is -0.393 e. The van der Waals surface area contributed by atoms with Gasteiger partial charge in [-0.25, -0.2) is 19.1 Å². The number of rotatable bonds is 3. The Morgan fingerprint density at radius 1 is 1.86 bits per heavy atom. The molecule has 0 bridgehead atoms. The summed E-state index contributed by atoms with van der Waals surface area (Å²) in [6.07, 6.45) is 1.18. The van der Waals surface area contributed by atoms with E-state index in [2.05, 4.69) is 4.98 Å². The maximum Gasteiger partial charge on any atom is 0.143 e. The molecule has 0 aliphatic carbocycles. The molecule has 1 aromatic heterocycles. The molecule has 14 heavy (non-hydrogen) atoms. The van der Waals surface area contributed by atoms with Gasteiger partial charge in [0.25, 0.3) is 0 Å². The van der Waals surface area contributed by atoms with Gasteiger partial charge in [-0.1, -0.05) is 0 Å². The molecule has 1 aromatic rings. The van der Waals surface area contributed by atoms with Crippen molar-refractivity contribution in [1.82, 2.24) is 4.98 Å². The molecule has 0 fully saturated rings. The molecule has 0 saturated heterocycles. The highest BCUT2D eigenvalue weighted by Gasteiger charge is 2.26. The molecule has 2 atom stereocenters. The Kier molecular flexibility index (Phi) is 2.93. The molecule has 8 heteroatoms. The largest absolute Gasteiger partial charge is 0.393 e. The van der Waals surface area contributed by atoms with Crippen LogP contribution in [0.3, 0.4) is 0 Å². The molecule has 1 rings (SSSR count). The zero-order valence-corrected chi connectivity index (χ0v) is 9.06. The summed E-state index contributed by atoms with van der Waals surface area (Å²) in [7, 11) is -3.29. The topological polar surface area (TPSA) is 120 Å². The average Bonchev–Trinajstić information content (AvgIpc) is 2.51. The molecule has 0 spiro atoms. The number of nitrogens with two attached hydrogens (primary N) is 1. The molecule has 80 valence electrons. The van der Waals surface area contributed by atoms with Crippen molar-refractivity contribution < 1.29 is 14.4 Å². The fraction of sp³-hybridized carbons (Fsp3) is 0.500. The van der Waals surface area contributed by atoms with Crippen LogP contribution in [0, 0.1) is 4.78 Å². The first-order valence-electron chi connectivity index (χ1n) is 3.63.